The molecule has 0 unspecified atom stereocenters. The number of nitrogens with zero attached hydrogens (tertiary/aromatic N) is 1. The van der Waals surface area contributed by atoms with E-state index in [0.29, 0.717) is 11.3 Å². The first-order chi connectivity index (χ1) is 8.15. The highest BCUT2D eigenvalue weighted by molar-refractivity contribution is 9.10. The standard InChI is InChI=1S/C13H10BrNO2/c14-8-3-4-11-9(5-8)10(13(16)17)6-12(15-11)7-1-2-7/h3-7H,1-2H2,(H,16,17)/p-1. The molecule has 1 fully saturated rings. The van der Waals surface area contributed by atoms with Gasteiger partial charge in [0.2, 0.25) is 0 Å². The van der Waals surface area contributed by atoms with E-state index in [9.17, 15) is 9.90 Å². The molecular formula is C13H9BrNO2-. The first-order valence-corrected chi connectivity index (χ1v) is 6.26. The lowest BCUT2D eigenvalue weighted by molar-refractivity contribution is -0.254. The van der Waals surface area contributed by atoms with Gasteiger partial charge in [-0.1, -0.05) is 15.9 Å². The zero-order valence-corrected chi connectivity index (χ0v) is 10.5. The molecule has 0 saturated heterocycles. The number of pyridine rings is 1. The van der Waals surface area contributed by atoms with Gasteiger partial charge in [-0.05, 0) is 37.1 Å². The van der Waals surface area contributed by atoms with Crippen LogP contribution in [-0.4, -0.2) is 11.0 Å². The fraction of sp³-hybridized carbons (Fsp3) is 0.231. The van der Waals surface area contributed by atoms with Gasteiger partial charge in [-0.25, -0.2) is 0 Å². The van der Waals surface area contributed by atoms with E-state index in [1.165, 1.54) is 0 Å². The summed E-state index contributed by atoms with van der Waals surface area (Å²) in [4.78, 5) is 15.7. The molecule has 3 nitrogen and oxygen atoms in total. The lowest BCUT2D eigenvalue weighted by atomic mass is 10.1. The SMILES string of the molecule is O=C([O-])c1cc(C2CC2)nc2ccc(Br)cc12. The van der Waals surface area contributed by atoms with Crippen molar-refractivity contribution >= 4 is 32.8 Å². The second-order valence-corrected chi connectivity index (χ2v) is 5.23. The first-order valence-electron chi connectivity index (χ1n) is 5.46. The molecule has 1 aliphatic carbocycles. The number of halogens is 1. The minimum atomic E-state index is -1.14. The zero-order chi connectivity index (χ0) is 12.0. The number of hydrogen-bond acceptors (Lipinski definition) is 3. The number of fused-ring (bicyclic) bond motifs is 1. The van der Waals surface area contributed by atoms with E-state index in [-0.39, 0.29) is 5.56 Å². The summed E-state index contributed by atoms with van der Waals surface area (Å²) in [7, 11) is 0. The van der Waals surface area contributed by atoms with Gasteiger partial charge in [-0.3, -0.25) is 4.98 Å². The maximum absolute atomic E-state index is 11.2. The van der Waals surface area contributed by atoms with E-state index >= 15 is 0 Å². The fourth-order valence-corrected chi connectivity index (χ4v) is 2.34. The predicted molar refractivity (Wildman–Crippen MR) is 65.7 cm³/mol. The van der Waals surface area contributed by atoms with Crippen LogP contribution in [0, 0.1) is 0 Å². The number of aromatic carboxylic acids is 1. The van der Waals surface area contributed by atoms with Crippen molar-refractivity contribution in [1.29, 1.82) is 0 Å². The van der Waals surface area contributed by atoms with Crippen LogP contribution in [0.25, 0.3) is 10.9 Å². The van der Waals surface area contributed by atoms with Gasteiger partial charge in [0.1, 0.15) is 0 Å². The Balaban J connectivity index is 2.31. The summed E-state index contributed by atoms with van der Waals surface area (Å²) in [6.07, 6.45) is 2.20. The van der Waals surface area contributed by atoms with Gasteiger partial charge in [-0.15, -0.1) is 0 Å². The Kier molecular flexibility index (Phi) is 2.40. The summed E-state index contributed by atoms with van der Waals surface area (Å²) < 4.78 is 0.841. The smallest absolute Gasteiger partial charge is 0.0722 e. The van der Waals surface area contributed by atoms with Crippen molar-refractivity contribution in [3.63, 3.8) is 0 Å². The Bertz CT molecular complexity index is 620. The minimum absolute atomic E-state index is 0.234. The summed E-state index contributed by atoms with van der Waals surface area (Å²) in [6, 6.07) is 7.12. The quantitative estimate of drug-likeness (QED) is 0.852. The van der Waals surface area contributed by atoms with Crippen LogP contribution in [0.2, 0.25) is 0 Å². The number of rotatable bonds is 2. The molecule has 1 heterocycles. The number of benzene rings is 1. The van der Waals surface area contributed by atoms with Crippen molar-refractivity contribution in [3.05, 3.63) is 40.0 Å². The summed E-state index contributed by atoms with van der Waals surface area (Å²) in [6.45, 7) is 0. The molecule has 0 spiro atoms. The van der Waals surface area contributed by atoms with Crippen molar-refractivity contribution in [2.24, 2.45) is 0 Å². The van der Waals surface area contributed by atoms with Crippen molar-refractivity contribution in [3.8, 4) is 0 Å². The van der Waals surface area contributed by atoms with Crippen molar-refractivity contribution in [2.75, 3.05) is 0 Å². The molecule has 1 aromatic heterocycles. The molecule has 0 N–H and O–H groups in total. The summed E-state index contributed by atoms with van der Waals surface area (Å²) >= 11 is 3.33. The van der Waals surface area contributed by atoms with Crippen LogP contribution in [0.15, 0.2) is 28.7 Å². The van der Waals surface area contributed by atoms with Crippen LogP contribution in [-0.2, 0) is 0 Å². The van der Waals surface area contributed by atoms with Crippen molar-refractivity contribution in [1.82, 2.24) is 4.98 Å². The number of carboxylic acids is 1. The normalized spacial score (nSPS) is 15.1. The van der Waals surface area contributed by atoms with E-state index in [2.05, 4.69) is 20.9 Å². The van der Waals surface area contributed by atoms with E-state index in [1.807, 2.05) is 12.1 Å². The van der Waals surface area contributed by atoms with E-state index < -0.39 is 5.97 Å². The highest BCUT2D eigenvalue weighted by Crippen LogP contribution is 2.40. The lowest BCUT2D eigenvalue weighted by Gasteiger charge is -2.10. The van der Waals surface area contributed by atoms with Gasteiger partial charge in [-0.2, -0.15) is 0 Å². The topological polar surface area (TPSA) is 53.0 Å². The molecule has 4 heteroatoms. The molecule has 3 rings (SSSR count). The largest absolute Gasteiger partial charge is 0.545 e. The Labute approximate surface area is 107 Å². The molecule has 0 aliphatic heterocycles. The number of hydrogen-bond donors (Lipinski definition) is 0. The van der Waals surface area contributed by atoms with E-state index in [1.54, 1.807) is 12.1 Å². The molecule has 17 heavy (non-hydrogen) atoms. The molecule has 0 amide bonds. The third kappa shape index (κ3) is 1.93. The zero-order valence-electron chi connectivity index (χ0n) is 8.94. The van der Waals surface area contributed by atoms with Crippen molar-refractivity contribution in [2.45, 2.75) is 18.8 Å². The maximum Gasteiger partial charge on any atom is 0.0722 e. The van der Waals surface area contributed by atoms with Crippen molar-refractivity contribution < 1.29 is 9.90 Å². The maximum atomic E-state index is 11.2. The lowest BCUT2D eigenvalue weighted by Crippen LogP contribution is -2.23. The van der Waals surface area contributed by atoms with Gasteiger partial charge in [0.25, 0.3) is 0 Å². The Morgan fingerprint density at radius 2 is 2.12 bits per heavy atom. The van der Waals surface area contributed by atoms with Crippen LogP contribution in [0.5, 0.6) is 0 Å². The van der Waals surface area contributed by atoms with Crippen LogP contribution in [0.4, 0.5) is 0 Å². The second kappa shape index (κ2) is 3.81. The first kappa shape index (κ1) is 10.7. The van der Waals surface area contributed by atoms with Crippen LogP contribution < -0.4 is 5.11 Å². The van der Waals surface area contributed by atoms with Gasteiger partial charge >= 0.3 is 0 Å². The molecule has 86 valence electrons. The Morgan fingerprint density at radius 1 is 1.35 bits per heavy atom. The minimum Gasteiger partial charge on any atom is -0.545 e. The number of aromatic nitrogens is 1. The van der Waals surface area contributed by atoms with Gasteiger partial charge in [0, 0.05) is 27.0 Å². The fourth-order valence-electron chi connectivity index (χ4n) is 1.98. The van der Waals surface area contributed by atoms with Gasteiger partial charge in [0.15, 0.2) is 0 Å². The van der Waals surface area contributed by atoms with Gasteiger partial charge < -0.3 is 9.90 Å². The summed E-state index contributed by atoms with van der Waals surface area (Å²) in [5.74, 6) is -0.710. The van der Waals surface area contributed by atoms with Crippen LogP contribution >= 0.6 is 15.9 Å². The van der Waals surface area contributed by atoms with Crippen LogP contribution in [0.3, 0.4) is 0 Å². The average molecular weight is 291 g/mol. The second-order valence-electron chi connectivity index (χ2n) is 4.32. The molecule has 1 aromatic carbocycles. The monoisotopic (exact) mass is 290 g/mol. The molecule has 1 saturated carbocycles. The molecular weight excluding hydrogens is 282 g/mol. The van der Waals surface area contributed by atoms with Gasteiger partial charge in [0.05, 0.1) is 11.5 Å². The molecule has 0 bridgehead atoms. The Morgan fingerprint density at radius 3 is 2.76 bits per heavy atom. The third-order valence-corrected chi connectivity index (χ3v) is 3.50. The molecule has 0 radical (unpaired) electrons. The number of carbonyl (C=O) groups excluding carboxylic acids is 1. The molecule has 1 aliphatic rings. The van der Waals surface area contributed by atoms with E-state index in [0.717, 1.165) is 28.5 Å². The average Bonchev–Trinajstić information content (AvgIpc) is 3.11. The molecule has 2 aromatic rings. The van der Waals surface area contributed by atoms with Crippen LogP contribution in [0.1, 0.15) is 34.8 Å². The molecule has 0 atom stereocenters. The highest BCUT2D eigenvalue weighted by atomic mass is 79.9. The number of carbonyl (C=O) groups is 1. The third-order valence-electron chi connectivity index (χ3n) is 3.01. The highest BCUT2D eigenvalue weighted by Gasteiger charge is 2.26. The predicted octanol–water partition coefficient (Wildman–Crippen LogP) is 2.24. The number of carboxylic acid groups (broad SMARTS) is 1. The Hall–Kier alpha value is -1.42. The summed E-state index contributed by atoms with van der Waals surface area (Å²) in [5, 5.41) is 11.8. The summed E-state index contributed by atoms with van der Waals surface area (Å²) in [5.41, 5.74) is 1.83. The van der Waals surface area contributed by atoms with E-state index in [4.69, 9.17) is 0 Å².